The maximum Gasteiger partial charge on any atom is 0.260 e. The minimum absolute atomic E-state index is 0. The molecule has 0 aromatic heterocycles. The Labute approximate surface area is 120 Å². The number of carbonyl (C=O) groups excluding carboxylic acids is 1. The Morgan fingerprint density at radius 2 is 2.05 bits per heavy atom. The lowest BCUT2D eigenvalue weighted by molar-refractivity contribution is -0.131. The van der Waals surface area contributed by atoms with E-state index in [4.69, 9.17) is 9.47 Å². The zero-order valence-corrected chi connectivity index (χ0v) is 12.3. The Bertz CT molecular complexity index is 388. The van der Waals surface area contributed by atoms with Crippen LogP contribution in [0.5, 0.6) is 11.5 Å². The average molecular weight is 289 g/mol. The molecule has 1 N–H and O–H groups in total. The second-order valence-electron chi connectivity index (χ2n) is 3.89. The highest BCUT2D eigenvalue weighted by molar-refractivity contribution is 5.85. The van der Waals surface area contributed by atoms with E-state index in [1.807, 2.05) is 19.2 Å². The van der Waals surface area contributed by atoms with E-state index in [1.165, 1.54) is 0 Å². The number of halogens is 1. The van der Waals surface area contributed by atoms with E-state index >= 15 is 0 Å². The summed E-state index contributed by atoms with van der Waals surface area (Å²) in [6.45, 7) is 1.46. The van der Waals surface area contributed by atoms with E-state index in [2.05, 4.69) is 5.32 Å². The third-order valence-electron chi connectivity index (χ3n) is 2.53. The fraction of sp³-hybridized carbons (Fsp3) is 0.462. The smallest absolute Gasteiger partial charge is 0.260 e. The maximum absolute atomic E-state index is 11.7. The summed E-state index contributed by atoms with van der Waals surface area (Å²) in [7, 11) is 5.20. The number of rotatable bonds is 7. The number of carbonyl (C=O) groups is 1. The second kappa shape index (κ2) is 9.47. The molecule has 1 aromatic rings. The van der Waals surface area contributed by atoms with Crippen LogP contribution in [0, 0.1) is 0 Å². The van der Waals surface area contributed by atoms with Gasteiger partial charge in [0.2, 0.25) is 0 Å². The molecule has 5 nitrogen and oxygen atoms in total. The van der Waals surface area contributed by atoms with Gasteiger partial charge in [0.1, 0.15) is 11.5 Å². The van der Waals surface area contributed by atoms with Gasteiger partial charge in [-0.15, -0.1) is 12.4 Å². The van der Waals surface area contributed by atoms with E-state index in [0.29, 0.717) is 18.0 Å². The largest absolute Gasteiger partial charge is 0.497 e. The van der Waals surface area contributed by atoms with Gasteiger partial charge in [-0.3, -0.25) is 4.79 Å². The van der Waals surface area contributed by atoms with Crippen LogP contribution in [0.3, 0.4) is 0 Å². The summed E-state index contributed by atoms with van der Waals surface area (Å²) < 4.78 is 10.5. The SMILES string of the molecule is CNCCN(C)C(=O)COc1cccc(OC)c1.Cl. The van der Waals surface area contributed by atoms with Crippen LogP contribution >= 0.6 is 12.4 Å². The van der Waals surface area contributed by atoms with Crippen molar-refractivity contribution in [2.45, 2.75) is 0 Å². The van der Waals surface area contributed by atoms with Crippen molar-refractivity contribution in [2.24, 2.45) is 0 Å². The molecule has 1 amide bonds. The number of hydrogen-bond donors (Lipinski definition) is 1. The van der Waals surface area contributed by atoms with E-state index in [1.54, 1.807) is 31.2 Å². The van der Waals surface area contributed by atoms with Gasteiger partial charge in [0, 0.05) is 26.2 Å². The monoisotopic (exact) mass is 288 g/mol. The lowest BCUT2D eigenvalue weighted by Gasteiger charge is -2.17. The van der Waals surface area contributed by atoms with Crippen LogP contribution < -0.4 is 14.8 Å². The van der Waals surface area contributed by atoms with Crippen LogP contribution in [0.15, 0.2) is 24.3 Å². The van der Waals surface area contributed by atoms with Crippen molar-refractivity contribution in [2.75, 3.05) is 40.9 Å². The van der Waals surface area contributed by atoms with Gasteiger partial charge in [-0.2, -0.15) is 0 Å². The molecular formula is C13H21ClN2O3. The molecule has 108 valence electrons. The molecule has 0 spiro atoms. The Kier molecular flexibility index (Phi) is 8.74. The van der Waals surface area contributed by atoms with Gasteiger partial charge in [0.15, 0.2) is 6.61 Å². The van der Waals surface area contributed by atoms with Crippen molar-refractivity contribution in [3.05, 3.63) is 24.3 Å². The van der Waals surface area contributed by atoms with E-state index < -0.39 is 0 Å². The third-order valence-corrected chi connectivity index (χ3v) is 2.53. The molecule has 0 fully saturated rings. The zero-order valence-electron chi connectivity index (χ0n) is 11.5. The number of ether oxygens (including phenoxy) is 2. The molecule has 0 aliphatic carbocycles. The van der Waals surface area contributed by atoms with Gasteiger partial charge in [-0.1, -0.05) is 6.07 Å². The minimum Gasteiger partial charge on any atom is -0.497 e. The van der Waals surface area contributed by atoms with Crippen molar-refractivity contribution >= 4 is 18.3 Å². The number of amides is 1. The third kappa shape index (κ3) is 6.31. The first-order chi connectivity index (χ1) is 8.67. The molecule has 0 saturated heterocycles. The standard InChI is InChI=1S/C13H20N2O3.ClH/c1-14-7-8-15(2)13(16)10-18-12-6-4-5-11(9-12)17-3;/h4-6,9,14H,7-8,10H2,1-3H3;1H. The first-order valence-electron chi connectivity index (χ1n) is 5.82. The van der Waals surface area contributed by atoms with E-state index in [-0.39, 0.29) is 24.9 Å². The molecule has 0 heterocycles. The summed E-state index contributed by atoms with van der Waals surface area (Å²) in [5.41, 5.74) is 0. The molecule has 0 radical (unpaired) electrons. The second-order valence-corrected chi connectivity index (χ2v) is 3.89. The van der Waals surface area contributed by atoms with Crippen LogP contribution in [-0.4, -0.2) is 51.7 Å². The summed E-state index contributed by atoms with van der Waals surface area (Å²) in [4.78, 5) is 13.4. The number of benzene rings is 1. The molecule has 0 bridgehead atoms. The topological polar surface area (TPSA) is 50.8 Å². The normalized spacial score (nSPS) is 9.42. The van der Waals surface area contributed by atoms with E-state index in [9.17, 15) is 4.79 Å². The van der Waals surface area contributed by atoms with Gasteiger partial charge in [0.25, 0.3) is 5.91 Å². The van der Waals surface area contributed by atoms with Crippen LogP contribution in [0.2, 0.25) is 0 Å². The molecule has 6 heteroatoms. The Balaban J connectivity index is 0.00000324. The molecule has 0 aliphatic heterocycles. The van der Waals surface area contributed by atoms with Crippen LogP contribution in [0.25, 0.3) is 0 Å². The Hall–Kier alpha value is -1.46. The predicted molar refractivity (Wildman–Crippen MR) is 77.3 cm³/mol. The average Bonchev–Trinajstić information content (AvgIpc) is 2.42. The zero-order chi connectivity index (χ0) is 13.4. The number of likely N-dealkylation sites (N-methyl/N-ethyl adjacent to an activating group) is 2. The molecule has 0 atom stereocenters. The van der Waals surface area contributed by atoms with Crippen LogP contribution in [0.1, 0.15) is 0 Å². The fourth-order valence-corrected chi connectivity index (χ4v) is 1.35. The van der Waals surface area contributed by atoms with Crippen LogP contribution in [-0.2, 0) is 4.79 Å². The molecular weight excluding hydrogens is 268 g/mol. The summed E-state index contributed by atoms with van der Waals surface area (Å²) in [5, 5.41) is 2.99. The van der Waals surface area contributed by atoms with Crippen LogP contribution in [0.4, 0.5) is 0 Å². The molecule has 1 aromatic carbocycles. The highest BCUT2D eigenvalue weighted by Crippen LogP contribution is 2.18. The lowest BCUT2D eigenvalue weighted by Crippen LogP contribution is -2.35. The number of hydrogen-bond acceptors (Lipinski definition) is 4. The molecule has 0 aliphatic rings. The van der Waals surface area contributed by atoms with Crippen molar-refractivity contribution in [3.63, 3.8) is 0 Å². The van der Waals surface area contributed by atoms with Gasteiger partial charge >= 0.3 is 0 Å². The lowest BCUT2D eigenvalue weighted by atomic mass is 10.3. The fourth-order valence-electron chi connectivity index (χ4n) is 1.35. The van der Waals surface area contributed by atoms with Gasteiger partial charge in [-0.25, -0.2) is 0 Å². The van der Waals surface area contributed by atoms with Crippen molar-refractivity contribution in [1.29, 1.82) is 0 Å². The highest BCUT2D eigenvalue weighted by Gasteiger charge is 2.08. The van der Waals surface area contributed by atoms with E-state index in [0.717, 1.165) is 6.54 Å². The Morgan fingerprint density at radius 3 is 2.68 bits per heavy atom. The number of methoxy groups -OCH3 is 1. The maximum atomic E-state index is 11.7. The summed E-state index contributed by atoms with van der Waals surface area (Å²) in [5.74, 6) is 1.29. The Morgan fingerprint density at radius 1 is 1.37 bits per heavy atom. The number of nitrogens with zero attached hydrogens (tertiary/aromatic N) is 1. The molecule has 19 heavy (non-hydrogen) atoms. The number of nitrogens with one attached hydrogen (secondary N) is 1. The highest BCUT2D eigenvalue weighted by atomic mass is 35.5. The summed E-state index contributed by atoms with van der Waals surface area (Å²) >= 11 is 0. The van der Waals surface area contributed by atoms with Crippen molar-refractivity contribution in [3.8, 4) is 11.5 Å². The molecule has 0 saturated carbocycles. The first kappa shape index (κ1) is 17.5. The molecule has 1 rings (SSSR count). The van der Waals surface area contributed by atoms with Gasteiger partial charge in [0.05, 0.1) is 7.11 Å². The van der Waals surface area contributed by atoms with Gasteiger partial charge < -0.3 is 19.7 Å². The van der Waals surface area contributed by atoms with Gasteiger partial charge in [-0.05, 0) is 19.2 Å². The summed E-state index contributed by atoms with van der Waals surface area (Å²) in [6, 6.07) is 7.20. The predicted octanol–water partition coefficient (Wildman–Crippen LogP) is 1.17. The molecule has 0 unspecified atom stereocenters. The minimum atomic E-state index is -0.0481. The summed E-state index contributed by atoms with van der Waals surface area (Å²) in [6.07, 6.45) is 0. The first-order valence-corrected chi connectivity index (χ1v) is 5.82. The van der Waals surface area contributed by atoms with Crippen molar-refractivity contribution in [1.82, 2.24) is 10.2 Å². The van der Waals surface area contributed by atoms with Crippen molar-refractivity contribution < 1.29 is 14.3 Å². The quantitative estimate of drug-likeness (QED) is 0.818.